The molecule has 1 aromatic heterocycles. The maximum absolute atomic E-state index is 4.87. The van der Waals surface area contributed by atoms with Gasteiger partial charge in [0.15, 0.2) is 0 Å². The van der Waals surface area contributed by atoms with Crippen LogP contribution in [-0.2, 0) is 43.8 Å². The molecule has 0 spiro atoms. The molecule has 185 valence electrons. The molecule has 0 amide bonds. The topological polar surface area (TPSA) is 79.9 Å². The van der Waals surface area contributed by atoms with Crippen molar-refractivity contribution in [2.24, 2.45) is 0 Å². The number of hydrogen-bond acceptors (Lipinski definition) is 1. The van der Waals surface area contributed by atoms with Gasteiger partial charge in [-0.2, -0.15) is 0 Å². The third-order valence-corrected chi connectivity index (χ3v) is 6.67. The van der Waals surface area contributed by atoms with Crippen LogP contribution in [0.25, 0.3) is 23.6 Å². The van der Waals surface area contributed by atoms with E-state index in [4.69, 9.17) is 4.98 Å². The summed E-state index contributed by atoms with van der Waals surface area (Å²) in [6.07, 6.45) is 4.13. The van der Waals surface area contributed by atoms with Gasteiger partial charge in [0.05, 0.1) is 0 Å². The van der Waals surface area contributed by atoms with Crippen molar-refractivity contribution in [2.45, 2.75) is 65.2 Å². The average molecular weight is 623 g/mol. The first-order chi connectivity index (χ1) is 13.3. The molecule has 0 saturated heterocycles. The van der Waals surface area contributed by atoms with E-state index in [0.717, 1.165) is 24.1 Å². The van der Waals surface area contributed by atoms with E-state index in [1.54, 1.807) is 0 Å². The second-order valence-corrected chi connectivity index (χ2v) is 8.98. The summed E-state index contributed by atoms with van der Waals surface area (Å²) in [5, 5.41) is 0. The number of hydrogen-bond donors (Lipinski definition) is 0. The second kappa shape index (κ2) is 12.0. The maximum atomic E-state index is 4.87. The van der Waals surface area contributed by atoms with E-state index in [0.29, 0.717) is 0 Å². The van der Waals surface area contributed by atoms with E-state index in [9.17, 15) is 0 Å². The number of rotatable bonds is 3. The molecular formula is C29H40IrN3-5. The molecule has 4 N–H and O–H groups in total. The van der Waals surface area contributed by atoms with Crippen LogP contribution in [0.4, 0.5) is 0 Å². The predicted octanol–water partition coefficient (Wildman–Crippen LogP) is 8.97. The van der Waals surface area contributed by atoms with Crippen molar-refractivity contribution >= 4 is 0 Å². The van der Waals surface area contributed by atoms with E-state index in [1.165, 1.54) is 33.4 Å². The molecule has 0 aliphatic heterocycles. The molecule has 1 aliphatic rings. The Morgan fingerprint density at radius 2 is 1.33 bits per heavy atom. The van der Waals surface area contributed by atoms with Gasteiger partial charge < -0.3 is 32.1 Å². The minimum Gasteiger partial charge on any atom is -0.693 e. The van der Waals surface area contributed by atoms with Gasteiger partial charge in [0, 0.05) is 26.3 Å². The molecule has 0 bridgehead atoms. The summed E-state index contributed by atoms with van der Waals surface area (Å²) in [6.45, 7) is 13.8. The first kappa shape index (κ1) is 33.3. The third kappa shape index (κ3) is 5.15. The number of fused-ring (bicyclic) bond motifs is 2. The minimum absolute atomic E-state index is 0. The van der Waals surface area contributed by atoms with E-state index in [1.807, 2.05) is 0 Å². The molecule has 4 heteroatoms. The van der Waals surface area contributed by atoms with Gasteiger partial charge in [-0.15, -0.1) is 34.9 Å². The molecule has 4 rings (SSSR count). The summed E-state index contributed by atoms with van der Waals surface area (Å²) in [4.78, 5) is 4.87. The summed E-state index contributed by atoms with van der Waals surface area (Å²) < 4.78 is 0. The fraction of sp³-hybridized carbons (Fsp3) is 0.345. The van der Waals surface area contributed by atoms with Crippen molar-refractivity contribution in [3.8, 4) is 11.3 Å². The molecule has 33 heavy (non-hydrogen) atoms. The van der Waals surface area contributed by atoms with E-state index < -0.39 is 0 Å². The van der Waals surface area contributed by atoms with Gasteiger partial charge in [0.25, 0.3) is 0 Å². The molecule has 1 radical (unpaired) electrons. The predicted molar refractivity (Wildman–Crippen MR) is 141 cm³/mol. The van der Waals surface area contributed by atoms with E-state index in [-0.39, 0.29) is 58.1 Å². The Hall–Kier alpha value is -1.84. The van der Waals surface area contributed by atoms with Crippen molar-refractivity contribution in [3.63, 3.8) is 0 Å². The molecule has 3 aromatic rings. The summed E-state index contributed by atoms with van der Waals surface area (Å²) in [5.41, 5.74) is 10.4. The Morgan fingerprint density at radius 1 is 0.788 bits per heavy atom. The number of nitrogens with zero attached hydrogens (tertiary/aromatic N) is 1. The number of aryl methyl sites for hydroxylation is 2. The summed E-state index contributed by atoms with van der Waals surface area (Å²) in [7, 11) is 0. The van der Waals surface area contributed by atoms with E-state index in [2.05, 4.69) is 96.3 Å². The normalized spacial score (nSPS) is 13.9. The summed E-state index contributed by atoms with van der Waals surface area (Å²) in [6, 6.07) is 19.1. The van der Waals surface area contributed by atoms with Crippen LogP contribution in [-0.4, -0.2) is 4.98 Å². The molecule has 0 atom stereocenters. The monoisotopic (exact) mass is 623 g/mol. The Balaban J connectivity index is 0. The van der Waals surface area contributed by atoms with Crippen LogP contribution >= 0.6 is 0 Å². The molecule has 0 saturated carbocycles. The first-order valence-electron chi connectivity index (χ1n) is 10.5. The second-order valence-electron chi connectivity index (χ2n) is 8.98. The number of pyridine rings is 1. The molecule has 2 aromatic carbocycles. The van der Waals surface area contributed by atoms with Crippen molar-refractivity contribution in [1.29, 1.82) is 0 Å². The zero-order valence-corrected chi connectivity index (χ0v) is 23.9. The number of nitrogens with two attached hydrogens (primary N) is 2. The zero-order valence-electron chi connectivity index (χ0n) is 21.5. The van der Waals surface area contributed by atoms with Gasteiger partial charge in [-0.1, -0.05) is 77.4 Å². The van der Waals surface area contributed by atoms with Gasteiger partial charge in [0.2, 0.25) is 0 Å². The third-order valence-electron chi connectivity index (χ3n) is 6.67. The van der Waals surface area contributed by atoms with Crippen LogP contribution in [0, 0.1) is 20.9 Å². The Morgan fingerprint density at radius 3 is 1.88 bits per heavy atom. The Bertz CT molecular complexity index is 1050. The largest absolute Gasteiger partial charge is 0.693 e. The van der Waals surface area contributed by atoms with Crippen LogP contribution < -0.4 is 0 Å². The summed E-state index contributed by atoms with van der Waals surface area (Å²) in [5.74, 6) is 0. The molecule has 1 heterocycles. The fourth-order valence-corrected chi connectivity index (χ4v) is 5.03. The molecular weight excluding hydrogens is 583 g/mol. The van der Waals surface area contributed by atoms with Gasteiger partial charge in [-0.25, -0.2) is 0 Å². The van der Waals surface area contributed by atoms with Gasteiger partial charge in [-0.3, -0.25) is 0 Å². The molecule has 3 nitrogen and oxygen atoms in total. The van der Waals surface area contributed by atoms with Crippen LogP contribution in [0.15, 0.2) is 48.7 Å². The Kier molecular flexibility index (Phi) is 12.2. The molecule has 1 aliphatic carbocycles. The number of benzene rings is 2. The van der Waals surface area contributed by atoms with Crippen molar-refractivity contribution in [3.05, 3.63) is 115 Å². The quantitative estimate of drug-likeness (QED) is 0.269. The number of aromatic nitrogens is 1. The van der Waals surface area contributed by atoms with Gasteiger partial charge in [0.1, 0.15) is 0 Å². The van der Waals surface area contributed by atoms with Crippen LogP contribution in [0.2, 0.25) is 0 Å². The van der Waals surface area contributed by atoms with Gasteiger partial charge >= 0.3 is 0 Å². The first-order valence-corrected chi connectivity index (χ1v) is 10.5. The smallest absolute Gasteiger partial charge is 0.0195 e. The molecule has 0 unspecified atom stereocenters. The van der Waals surface area contributed by atoms with Crippen molar-refractivity contribution in [2.75, 3.05) is 0 Å². The summed E-state index contributed by atoms with van der Waals surface area (Å²) >= 11 is 0. The standard InChI is InChI=1S/C27H30N.2CH3.Ir.2H2N/c1-7-18-16-24(28-17-19(18)8-2)20-12-11-15-23-25(20)27(5,6)22-14-10-9-13-21(22)26(23,3)4;;;;;/h9-11,13-17H,7-8H2,1-6H3;2*1H3;;2*1H2/q3*-1;;2*-1. The average Bonchev–Trinajstić information content (AvgIpc) is 2.71. The van der Waals surface area contributed by atoms with Crippen LogP contribution in [0.5, 0.6) is 0 Å². The SMILES string of the molecule is CCc1cnc(-c2[c-]ccc3c2C(C)(C)c2ccccc2C3(C)C)cc1CC.[CH3-].[CH3-].[Ir].[NH2-].[NH2-]. The van der Waals surface area contributed by atoms with Crippen LogP contribution in [0.3, 0.4) is 0 Å². The minimum atomic E-state index is -0.0912. The zero-order chi connectivity index (χ0) is 20.1. The van der Waals surface area contributed by atoms with Gasteiger partial charge in [-0.05, 0) is 46.1 Å². The maximum Gasteiger partial charge on any atom is 0.0195 e. The Labute approximate surface area is 216 Å². The molecule has 0 fully saturated rings. The van der Waals surface area contributed by atoms with Crippen molar-refractivity contribution in [1.82, 2.24) is 4.98 Å². The van der Waals surface area contributed by atoms with E-state index >= 15 is 0 Å². The van der Waals surface area contributed by atoms with Crippen LogP contribution in [0.1, 0.15) is 74.9 Å². The van der Waals surface area contributed by atoms with Crippen molar-refractivity contribution < 1.29 is 20.1 Å². The fourth-order valence-electron chi connectivity index (χ4n) is 5.03.